The van der Waals surface area contributed by atoms with Gasteiger partial charge in [0.15, 0.2) is 11.5 Å². The minimum Gasteiger partial charge on any atom is -0.329 e. The van der Waals surface area contributed by atoms with E-state index in [-0.39, 0.29) is 0 Å². The fourth-order valence-corrected chi connectivity index (χ4v) is 4.60. The molecule has 1 fully saturated rings. The van der Waals surface area contributed by atoms with Crippen molar-refractivity contribution in [1.29, 1.82) is 0 Å². The highest BCUT2D eigenvalue weighted by Crippen LogP contribution is 2.29. The summed E-state index contributed by atoms with van der Waals surface area (Å²) in [7, 11) is 2.19. The molecule has 0 aliphatic carbocycles. The van der Waals surface area contributed by atoms with Crippen molar-refractivity contribution in [2.75, 3.05) is 38.5 Å². The van der Waals surface area contributed by atoms with Crippen LogP contribution in [0.15, 0.2) is 36.2 Å². The van der Waals surface area contributed by atoms with Gasteiger partial charge in [0.05, 0.1) is 28.8 Å². The van der Waals surface area contributed by atoms with Crippen LogP contribution in [0.5, 0.6) is 0 Å². The summed E-state index contributed by atoms with van der Waals surface area (Å²) in [6.07, 6.45) is 8.48. The van der Waals surface area contributed by atoms with Gasteiger partial charge in [-0.15, -0.1) is 11.3 Å². The third kappa shape index (κ3) is 3.83. The molecule has 1 aliphatic rings. The Balaban J connectivity index is 1.39. The summed E-state index contributed by atoms with van der Waals surface area (Å²) in [4.78, 5) is 14.4. The van der Waals surface area contributed by atoms with Crippen molar-refractivity contribution < 1.29 is 0 Å². The van der Waals surface area contributed by atoms with Gasteiger partial charge in [0.25, 0.3) is 0 Å². The number of hydrogen-bond donors (Lipinski definition) is 2. The number of anilines is 2. The Morgan fingerprint density at radius 1 is 1.20 bits per heavy atom. The molecule has 0 aromatic carbocycles. The van der Waals surface area contributed by atoms with Crippen LogP contribution in [0.2, 0.25) is 0 Å². The van der Waals surface area contributed by atoms with Crippen molar-refractivity contribution in [2.24, 2.45) is 0 Å². The maximum Gasteiger partial charge on any atom is 0.180 e. The molecular weight excluding hydrogens is 396 g/mol. The van der Waals surface area contributed by atoms with Gasteiger partial charge in [0, 0.05) is 50.7 Å². The maximum absolute atomic E-state index is 4.82. The Bertz CT molecular complexity index is 1120. The molecule has 4 aromatic rings. The number of aryl methyl sites for hydroxylation is 1. The molecule has 0 atom stereocenters. The molecule has 0 saturated carbocycles. The van der Waals surface area contributed by atoms with E-state index < -0.39 is 0 Å². The fourth-order valence-electron chi connectivity index (χ4n) is 3.80. The SMILES string of the molecule is CCc1cn2c(-c3cn[nH]c3)cnc2c(Nc2cc(CN3CCN(C)CC3)cs2)n1. The predicted octanol–water partition coefficient (Wildman–Crippen LogP) is 3.23. The number of aromatic nitrogens is 5. The van der Waals surface area contributed by atoms with Crippen LogP contribution in [0.1, 0.15) is 18.2 Å². The molecule has 1 saturated heterocycles. The van der Waals surface area contributed by atoms with E-state index in [1.54, 1.807) is 11.3 Å². The lowest BCUT2D eigenvalue weighted by molar-refractivity contribution is 0.148. The first-order valence-corrected chi connectivity index (χ1v) is 11.2. The summed E-state index contributed by atoms with van der Waals surface area (Å²) in [5, 5.41) is 13.8. The molecule has 156 valence electrons. The number of thiophene rings is 1. The first-order valence-electron chi connectivity index (χ1n) is 10.3. The van der Waals surface area contributed by atoms with Crippen LogP contribution in [-0.4, -0.2) is 67.6 Å². The average Bonchev–Trinajstić information content (AvgIpc) is 3.50. The second kappa shape index (κ2) is 8.17. The van der Waals surface area contributed by atoms with Gasteiger partial charge in [-0.05, 0) is 30.5 Å². The molecule has 4 aromatic heterocycles. The molecule has 0 spiro atoms. The highest BCUT2D eigenvalue weighted by Gasteiger charge is 2.16. The Hall–Kier alpha value is -2.75. The molecule has 0 unspecified atom stereocenters. The van der Waals surface area contributed by atoms with Crippen molar-refractivity contribution in [1.82, 2.24) is 34.4 Å². The van der Waals surface area contributed by atoms with Gasteiger partial charge >= 0.3 is 0 Å². The molecule has 5 heterocycles. The van der Waals surface area contributed by atoms with E-state index in [0.29, 0.717) is 0 Å². The zero-order valence-corrected chi connectivity index (χ0v) is 18.1. The second-order valence-corrected chi connectivity index (χ2v) is 8.69. The van der Waals surface area contributed by atoms with Crippen LogP contribution in [0, 0.1) is 0 Å². The van der Waals surface area contributed by atoms with Crippen LogP contribution in [0.4, 0.5) is 10.8 Å². The van der Waals surface area contributed by atoms with Crippen LogP contribution >= 0.6 is 11.3 Å². The fraction of sp³-hybridized carbons (Fsp3) is 0.381. The monoisotopic (exact) mass is 422 g/mol. The number of nitrogens with zero attached hydrogens (tertiary/aromatic N) is 6. The van der Waals surface area contributed by atoms with Gasteiger partial charge < -0.3 is 10.2 Å². The van der Waals surface area contributed by atoms with E-state index in [0.717, 1.165) is 72.6 Å². The van der Waals surface area contributed by atoms with Gasteiger partial charge in [-0.1, -0.05) is 6.92 Å². The quantitative estimate of drug-likeness (QED) is 0.497. The summed E-state index contributed by atoms with van der Waals surface area (Å²) in [6, 6.07) is 2.24. The molecule has 8 nitrogen and oxygen atoms in total. The molecule has 2 N–H and O–H groups in total. The van der Waals surface area contributed by atoms with E-state index in [1.165, 1.54) is 5.56 Å². The van der Waals surface area contributed by atoms with Crippen molar-refractivity contribution in [3.8, 4) is 11.3 Å². The predicted molar refractivity (Wildman–Crippen MR) is 120 cm³/mol. The van der Waals surface area contributed by atoms with Crippen LogP contribution in [0.25, 0.3) is 16.9 Å². The number of rotatable bonds is 6. The van der Waals surface area contributed by atoms with Crippen LogP contribution in [0.3, 0.4) is 0 Å². The summed E-state index contributed by atoms with van der Waals surface area (Å²) in [5.74, 6) is 0.789. The normalized spacial score (nSPS) is 15.8. The second-order valence-electron chi connectivity index (χ2n) is 7.78. The largest absolute Gasteiger partial charge is 0.329 e. The van der Waals surface area contributed by atoms with Gasteiger partial charge in [-0.25, -0.2) is 9.97 Å². The van der Waals surface area contributed by atoms with Crippen LogP contribution < -0.4 is 5.32 Å². The molecule has 1 aliphatic heterocycles. The smallest absolute Gasteiger partial charge is 0.180 e. The van der Waals surface area contributed by atoms with E-state index in [1.807, 2.05) is 18.6 Å². The number of fused-ring (bicyclic) bond motifs is 1. The number of aromatic amines is 1. The molecule has 9 heteroatoms. The van der Waals surface area contributed by atoms with Gasteiger partial charge in [-0.3, -0.25) is 14.4 Å². The Labute approximate surface area is 179 Å². The van der Waals surface area contributed by atoms with E-state index in [4.69, 9.17) is 4.98 Å². The number of likely N-dealkylation sites (N-methyl/N-ethyl adjacent to an activating group) is 1. The molecule has 0 bridgehead atoms. The van der Waals surface area contributed by atoms with Crippen LogP contribution in [-0.2, 0) is 13.0 Å². The number of hydrogen-bond acceptors (Lipinski definition) is 7. The molecular formula is C21H26N8S. The van der Waals surface area contributed by atoms with E-state index >= 15 is 0 Å². The number of piperazine rings is 1. The zero-order chi connectivity index (χ0) is 20.5. The minimum atomic E-state index is 0.789. The van der Waals surface area contributed by atoms with Crippen molar-refractivity contribution >= 4 is 27.8 Å². The summed E-state index contributed by atoms with van der Waals surface area (Å²) in [6.45, 7) is 7.64. The topological polar surface area (TPSA) is 77.4 Å². The standard InChI is InChI=1S/C21H26N8S/c1-3-17-13-29-18(16-9-23-24-10-16)11-22-21(29)20(25-17)26-19-8-15(14-30-19)12-28-6-4-27(2)5-7-28/h8-11,13-14H,3-7,12H2,1-2H3,(H,23,24)(H,25,26). The van der Waals surface area contributed by atoms with E-state index in [2.05, 4.69) is 66.3 Å². The minimum absolute atomic E-state index is 0.789. The lowest BCUT2D eigenvalue weighted by Gasteiger charge is -2.32. The van der Waals surface area contributed by atoms with Gasteiger partial charge in [0.2, 0.25) is 0 Å². The Kier molecular flexibility index (Phi) is 5.24. The summed E-state index contributed by atoms with van der Waals surface area (Å²) < 4.78 is 2.10. The highest BCUT2D eigenvalue weighted by atomic mass is 32.1. The third-order valence-electron chi connectivity index (χ3n) is 5.60. The zero-order valence-electron chi connectivity index (χ0n) is 17.3. The molecule has 0 radical (unpaired) electrons. The lowest BCUT2D eigenvalue weighted by Crippen LogP contribution is -2.43. The van der Waals surface area contributed by atoms with Crippen molar-refractivity contribution in [3.63, 3.8) is 0 Å². The average molecular weight is 423 g/mol. The number of nitrogens with one attached hydrogen (secondary N) is 2. The summed E-state index contributed by atoms with van der Waals surface area (Å²) >= 11 is 1.72. The number of H-pyrrole nitrogens is 1. The van der Waals surface area contributed by atoms with Gasteiger partial charge in [-0.2, -0.15) is 5.10 Å². The summed E-state index contributed by atoms with van der Waals surface area (Å²) in [5.41, 5.74) is 5.18. The maximum atomic E-state index is 4.82. The first-order chi connectivity index (χ1) is 14.7. The third-order valence-corrected chi connectivity index (χ3v) is 6.49. The van der Waals surface area contributed by atoms with E-state index in [9.17, 15) is 0 Å². The van der Waals surface area contributed by atoms with Crippen molar-refractivity contribution in [3.05, 3.63) is 47.5 Å². The van der Waals surface area contributed by atoms with Gasteiger partial charge in [0.1, 0.15) is 0 Å². The van der Waals surface area contributed by atoms with Crippen molar-refractivity contribution in [2.45, 2.75) is 19.9 Å². The lowest BCUT2D eigenvalue weighted by atomic mass is 10.2. The molecule has 0 amide bonds. The number of imidazole rings is 1. The highest BCUT2D eigenvalue weighted by molar-refractivity contribution is 7.14. The molecule has 30 heavy (non-hydrogen) atoms. The Morgan fingerprint density at radius 3 is 2.83 bits per heavy atom. The molecule has 5 rings (SSSR count). The first kappa shape index (κ1) is 19.2. The Morgan fingerprint density at radius 2 is 2.07 bits per heavy atom.